The Kier molecular flexibility index (Phi) is 5.56. The normalized spacial score (nSPS) is 17.8. The zero-order valence-electron chi connectivity index (χ0n) is 10.0. The second kappa shape index (κ2) is 6.71. The predicted molar refractivity (Wildman–Crippen MR) is 69.4 cm³/mol. The van der Waals surface area contributed by atoms with E-state index in [0.29, 0.717) is 5.56 Å². The number of benzene rings is 1. The Morgan fingerprint density at radius 1 is 1.28 bits per heavy atom. The van der Waals surface area contributed by atoms with Gasteiger partial charge in [-0.05, 0) is 43.6 Å². The molecule has 1 aromatic carbocycles. The number of hydrogen-bond acceptors (Lipinski definition) is 2. The molecule has 0 bridgehead atoms. The predicted octanol–water partition coefficient (Wildman–Crippen LogP) is 2.86. The summed E-state index contributed by atoms with van der Waals surface area (Å²) in [6.07, 6.45) is 3.17. The number of rotatable bonds is 3. The van der Waals surface area contributed by atoms with Crippen LogP contribution in [0, 0.1) is 5.82 Å². The lowest BCUT2D eigenvalue weighted by Crippen LogP contribution is -2.37. The highest BCUT2D eigenvalue weighted by molar-refractivity contribution is 5.85. The SMILES string of the molecule is Cl.O=C(O)C(c1cccc(F)c1)N1CCCCC1. The first-order valence-corrected chi connectivity index (χ1v) is 5.91. The molecule has 1 fully saturated rings. The van der Waals surface area contributed by atoms with Gasteiger partial charge < -0.3 is 5.11 Å². The number of aliphatic carboxylic acids is 1. The van der Waals surface area contributed by atoms with Crippen LogP contribution in [0.25, 0.3) is 0 Å². The van der Waals surface area contributed by atoms with Crippen LogP contribution in [0.15, 0.2) is 24.3 Å². The van der Waals surface area contributed by atoms with Crippen LogP contribution in [0.3, 0.4) is 0 Å². The largest absolute Gasteiger partial charge is 0.480 e. The standard InChI is InChI=1S/C13H16FNO2.ClH/c14-11-6-4-5-10(9-11)12(13(16)17)15-7-2-1-3-8-15;/h4-6,9,12H,1-3,7-8H2,(H,16,17);1H. The highest BCUT2D eigenvalue weighted by Crippen LogP contribution is 2.25. The lowest BCUT2D eigenvalue weighted by Gasteiger charge is -2.32. The van der Waals surface area contributed by atoms with E-state index in [2.05, 4.69) is 0 Å². The Labute approximate surface area is 112 Å². The van der Waals surface area contributed by atoms with Crippen molar-refractivity contribution in [2.75, 3.05) is 13.1 Å². The van der Waals surface area contributed by atoms with Crippen LogP contribution >= 0.6 is 12.4 Å². The van der Waals surface area contributed by atoms with Crippen molar-refractivity contribution in [3.63, 3.8) is 0 Å². The molecule has 0 aliphatic carbocycles. The van der Waals surface area contributed by atoms with Gasteiger partial charge in [0, 0.05) is 0 Å². The van der Waals surface area contributed by atoms with Gasteiger partial charge in [0.1, 0.15) is 11.9 Å². The minimum Gasteiger partial charge on any atom is -0.480 e. The Morgan fingerprint density at radius 2 is 1.94 bits per heavy atom. The van der Waals surface area contributed by atoms with Crippen LogP contribution in [-0.4, -0.2) is 29.1 Å². The van der Waals surface area contributed by atoms with Gasteiger partial charge in [-0.25, -0.2) is 4.39 Å². The highest BCUT2D eigenvalue weighted by atomic mass is 35.5. The number of likely N-dealkylation sites (tertiary alicyclic amines) is 1. The van der Waals surface area contributed by atoms with Crippen molar-refractivity contribution < 1.29 is 14.3 Å². The van der Waals surface area contributed by atoms with E-state index in [1.165, 1.54) is 12.1 Å². The van der Waals surface area contributed by atoms with E-state index in [-0.39, 0.29) is 18.2 Å². The van der Waals surface area contributed by atoms with Crippen molar-refractivity contribution in [3.05, 3.63) is 35.6 Å². The van der Waals surface area contributed by atoms with Gasteiger partial charge in [0.05, 0.1) is 0 Å². The third-order valence-corrected chi connectivity index (χ3v) is 3.15. The molecular weight excluding hydrogens is 257 g/mol. The van der Waals surface area contributed by atoms with Crippen molar-refractivity contribution >= 4 is 18.4 Å². The third kappa shape index (κ3) is 3.43. The van der Waals surface area contributed by atoms with Crippen LogP contribution in [-0.2, 0) is 4.79 Å². The maximum absolute atomic E-state index is 13.1. The average molecular weight is 274 g/mol. The molecule has 1 N–H and O–H groups in total. The van der Waals surface area contributed by atoms with Crippen LogP contribution < -0.4 is 0 Å². The van der Waals surface area contributed by atoms with Crippen molar-refractivity contribution in [2.24, 2.45) is 0 Å². The van der Waals surface area contributed by atoms with Crippen LogP contribution in [0.1, 0.15) is 30.9 Å². The van der Waals surface area contributed by atoms with Gasteiger partial charge >= 0.3 is 5.97 Å². The second-order valence-electron chi connectivity index (χ2n) is 4.39. The molecule has 1 unspecified atom stereocenters. The molecule has 3 nitrogen and oxygen atoms in total. The summed E-state index contributed by atoms with van der Waals surface area (Å²) in [6, 6.07) is 5.17. The van der Waals surface area contributed by atoms with Gasteiger partial charge in [-0.15, -0.1) is 12.4 Å². The molecule has 1 aliphatic rings. The molecule has 1 aliphatic heterocycles. The number of halogens is 2. The number of carbonyl (C=O) groups is 1. The summed E-state index contributed by atoms with van der Waals surface area (Å²) in [4.78, 5) is 13.3. The van der Waals surface area contributed by atoms with E-state index >= 15 is 0 Å². The zero-order chi connectivity index (χ0) is 12.3. The molecular formula is C13H17ClFNO2. The fraction of sp³-hybridized carbons (Fsp3) is 0.462. The molecule has 18 heavy (non-hydrogen) atoms. The summed E-state index contributed by atoms with van der Waals surface area (Å²) in [5, 5.41) is 9.31. The number of hydrogen-bond donors (Lipinski definition) is 1. The first kappa shape index (κ1) is 14.9. The summed E-state index contributed by atoms with van der Waals surface area (Å²) >= 11 is 0. The third-order valence-electron chi connectivity index (χ3n) is 3.15. The number of carboxylic acid groups (broad SMARTS) is 1. The lowest BCUT2D eigenvalue weighted by atomic mass is 10.0. The van der Waals surface area contributed by atoms with Crippen molar-refractivity contribution in [1.29, 1.82) is 0 Å². The van der Waals surface area contributed by atoms with Crippen LogP contribution in [0.5, 0.6) is 0 Å². The Hall–Kier alpha value is -1.13. The van der Waals surface area contributed by atoms with Crippen LogP contribution in [0.2, 0.25) is 0 Å². The molecule has 0 aromatic heterocycles. The molecule has 5 heteroatoms. The summed E-state index contributed by atoms with van der Waals surface area (Å²) in [6.45, 7) is 1.54. The topological polar surface area (TPSA) is 40.5 Å². The smallest absolute Gasteiger partial charge is 0.325 e. The Bertz CT molecular complexity index is 408. The summed E-state index contributed by atoms with van der Waals surface area (Å²) < 4.78 is 13.1. The molecule has 1 aromatic rings. The van der Waals surface area contributed by atoms with E-state index < -0.39 is 12.0 Å². The van der Waals surface area contributed by atoms with Crippen molar-refractivity contribution in [3.8, 4) is 0 Å². The van der Waals surface area contributed by atoms with Crippen molar-refractivity contribution in [1.82, 2.24) is 4.90 Å². The minimum absolute atomic E-state index is 0. The molecule has 0 amide bonds. The summed E-state index contributed by atoms with van der Waals surface area (Å²) in [7, 11) is 0. The quantitative estimate of drug-likeness (QED) is 0.921. The number of carboxylic acids is 1. The maximum atomic E-state index is 13.1. The first-order chi connectivity index (χ1) is 8.18. The fourth-order valence-corrected chi connectivity index (χ4v) is 2.36. The Balaban J connectivity index is 0.00000162. The molecule has 100 valence electrons. The minimum atomic E-state index is -0.905. The van der Waals surface area contributed by atoms with E-state index in [1.54, 1.807) is 12.1 Å². The molecule has 0 saturated carbocycles. The lowest BCUT2D eigenvalue weighted by molar-refractivity contribution is -0.144. The molecule has 1 saturated heterocycles. The summed E-state index contributed by atoms with van der Waals surface area (Å²) in [5.74, 6) is -1.29. The second-order valence-corrected chi connectivity index (χ2v) is 4.39. The number of piperidine rings is 1. The van der Waals surface area contributed by atoms with E-state index in [4.69, 9.17) is 0 Å². The maximum Gasteiger partial charge on any atom is 0.325 e. The molecule has 1 atom stereocenters. The van der Waals surface area contributed by atoms with Crippen molar-refractivity contribution in [2.45, 2.75) is 25.3 Å². The summed E-state index contributed by atoms with van der Waals surface area (Å²) in [5.41, 5.74) is 0.527. The van der Waals surface area contributed by atoms with Gasteiger partial charge in [0.25, 0.3) is 0 Å². The first-order valence-electron chi connectivity index (χ1n) is 5.91. The highest BCUT2D eigenvalue weighted by Gasteiger charge is 2.28. The average Bonchev–Trinajstić information content (AvgIpc) is 2.30. The zero-order valence-corrected chi connectivity index (χ0v) is 10.8. The molecule has 0 spiro atoms. The van der Waals surface area contributed by atoms with Crippen LogP contribution in [0.4, 0.5) is 4.39 Å². The molecule has 1 heterocycles. The number of nitrogens with zero attached hydrogens (tertiary/aromatic N) is 1. The fourth-order valence-electron chi connectivity index (χ4n) is 2.36. The van der Waals surface area contributed by atoms with E-state index in [1.807, 2.05) is 4.90 Å². The van der Waals surface area contributed by atoms with Gasteiger partial charge in [-0.1, -0.05) is 18.6 Å². The van der Waals surface area contributed by atoms with E-state index in [9.17, 15) is 14.3 Å². The molecule has 2 rings (SSSR count). The van der Waals surface area contributed by atoms with Gasteiger partial charge in [-0.3, -0.25) is 9.69 Å². The monoisotopic (exact) mass is 273 g/mol. The van der Waals surface area contributed by atoms with E-state index in [0.717, 1.165) is 32.4 Å². The molecule has 0 radical (unpaired) electrons. The Morgan fingerprint density at radius 3 is 2.50 bits per heavy atom. The van der Waals surface area contributed by atoms with Gasteiger partial charge in [-0.2, -0.15) is 0 Å². The van der Waals surface area contributed by atoms with Gasteiger partial charge in [0.15, 0.2) is 0 Å². The van der Waals surface area contributed by atoms with Gasteiger partial charge in [0.2, 0.25) is 0 Å².